The molecule has 3 aromatic carbocycles. The number of anilines is 1. The Balaban J connectivity index is 1.76. The van der Waals surface area contributed by atoms with Crippen LogP contribution in [0.25, 0.3) is 33.0 Å². The number of thiazole rings is 1. The molecule has 3 N–H and O–H groups in total. The maximum atomic E-state index is 11.9. The molecule has 0 fully saturated rings. The summed E-state index contributed by atoms with van der Waals surface area (Å²) in [7, 11) is 0. The number of hydrogen-bond donors (Lipinski definition) is 2. The Hall–Kier alpha value is -2.86. The summed E-state index contributed by atoms with van der Waals surface area (Å²) in [5, 5.41) is 13.3. The summed E-state index contributed by atoms with van der Waals surface area (Å²) < 4.78 is 0. The van der Waals surface area contributed by atoms with Gasteiger partial charge < -0.3 is 10.8 Å². The molecule has 0 bridgehead atoms. The van der Waals surface area contributed by atoms with E-state index in [9.17, 15) is 9.90 Å². The molecule has 4 rings (SSSR count). The van der Waals surface area contributed by atoms with Crippen LogP contribution >= 0.6 is 34.5 Å². The lowest BCUT2D eigenvalue weighted by molar-refractivity contribution is 0.0698. The molecule has 0 saturated heterocycles. The van der Waals surface area contributed by atoms with Crippen LogP contribution in [0.2, 0.25) is 10.0 Å². The molecule has 0 radical (unpaired) electrons. The Morgan fingerprint density at radius 2 is 1.69 bits per heavy atom. The second-order valence-corrected chi connectivity index (χ2v) is 7.99. The van der Waals surface area contributed by atoms with Crippen LogP contribution in [0.4, 0.5) is 5.69 Å². The number of para-hydroxylation sites is 1. The van der Waals surface area contributed by atoms with Crippen LogP contribution < -0.4 is 5.73 Å². The Morgan fingerprint density at radius 1 is 0.931 bits per heavy atom. The van der Waals surface area contributed by atoms with E-state index in [-0.39, 0.29) is 5.56 Å². The third kappa shape index (κ3) is 3.85. The van der Waals surface area contributed by atoms with Gasteiger partial charge in [0.2, 0.25) is 0 Å². The van der Waals surface area contributed by atoms with Gasteiger partial charge in [-0.3, -0.25) is 0 Å². The third-order valence-electron chi connectivity index (χ3n) is 4.47. The fourth-order valence-electron chi connectivity index (χ4n) is 3.03. The fourth-order valence-corrected chi connectivity index (χ4v) is 4.15. The summed E-state index contributed by atoms with van der Waals surface area (Å²) in [6.45, 7) is 0. The van der Waals surface area contributed by atoms with E-state index in [2.05, 4.69) is 4.98 Å². The summed E-state index contributed by atoms with van der Waals surface area (Å²) in [6.07, 6.45) is 0. The van der Waals surface area contributed by atoms with Crippen LogP contribution in [-0.2, 0) is 0 Å². The minimum atomic E-state index is -1.02. The lowest BCUT2D eigenvalue weighted by Gasteiger charge is -2.10. The molecule has 0 amide bonds. The van der Waals surface area contributed by atoms with Crippen molar-refractivity contribution in [1.29, 1.82) is 0 Å². The van der Waals surface area contributed by atoms with Crippen LogP contribution in [0.15, 0.2) is 66.0 Å². The summed E-state index contributed by atoms with van der Waals surface area (Å²) in [4.78, 5) is 16.5. The van der Waals surface area contributed by atoms with Crippen molar-refractivity contribution in [3.05, 3.63) is 81.7 Å². The zero-order valence-electron chi connectivity index (χ0n) is 14.9. The SMILES string of the molecule is Nc1ccccc1-c1ccc(-c2nc(-c3ccc(Cl)c(Cl)c3)cs2)cc1C(=O)O. The average molecular weight is 441 g/mol. The number of carboxylic acids is 1. The predicted octanol–water partition coefficient (Wildman–Crippen LogP) is 6.73. The highest BCUT2D eigenvalue weighted by Gasteiger charge is 2.16. The molecule has 1 aromatic heterocycles. The van der Waals surface area contributed by atoms with Crippen molar-refractivity contribution >= 4 is 46.2 Å². The van der Waals surface area contributed by atoms with E-state index in [1.807, 2.05) is 35.7 Å². The quantitative estimate of drug-likeness (QED) is 0.344. The Labute approximate surface area is 181 Å². The number of nitrogen functional groups attached to an aromatic ring is 1. The van der Waals surface area contributed by atoms with Crippen LogP contribution in [-0.4, -0.2) is 16.1 Å². The first-order valence-corrected chi connectivity index (χ1v) is 10.2. The van der Waals surface area contributed by atoms with Gasteiger partial charge in [-0.2, -0.15) is 0 Å². The summed E-state index contributed by atoms with van der Waals surface area (Å²) in [5.41, 5.74) is 10.3. The van der Waals surface area contributed by atoms with E-state index < -0.39 is 5.97 Å². The number of nitrogens with zero attached hydrogens (tertiary/aromatic N) is 1. The minimum Gasteiger partial charge on any atom is -0.478 e. The number of benzene rings is 3. The van der Waals surface area contributed by atoms with Crippen LogP contribution in [0.3, 0.4) is 0 Å². The van der Waals surface area contributed by atoms with E-state index in [0.717, 1.165) is 16.8 Å². The second-order valence-electron chi connectivity index (χ2n) is 6.32. The summed E-state index contributed by atoms with van der Waals surface area (Å²) in [5.74, 6) is -1.02. The van der Waals surface area contributed by atoms with Gasteiger partial charge in [0.05, 0.1) is 21.3 Å². The highest BCUT2D eigenvalue weighted by atomic mass is 35.5. The van der Waals surface area contributed by atoms with Gasteiger partial charge in [-0.15, -0.1) is 11.3 Å². The van der Waals surface area contributed by atoms with Gasteiger partial charge in [0.15, 0.2) is 0 Å². The summed E-state index contributed by atoms with van der Waals surface area (Å²) >= 11 is 13.5. The van der Waals surface area contributed by atoms with Crippen molar-refractivity contribution in [3.8, 4) is 33.0 Å². The zero-order valence-corrected chi connectivity index (χ0v) is 17.2. The topological polar surface area (TPSA) is 76.2 Å². The lowest BCUT2D eigenvalue weighted by atomic mass is 9.96. The molecule has 0 spiro atoms. The minimum absolute atomic E-state index is 0.173. The molecule has 0 saturated carbocycles. The molecule has 4 aromatic rings. The van der Waals surface area contributed by atoms with Gasteiger partial charge in [0.25, 0.3) is 0 Å². The maximum absolute atomic E-state index is 11.9. The van der Waals surface area contributed by atoms with Gasteiger partial charge in [0, 0.05) is 27.8 Å². The summed E-state index contributed by atoms with van der Waals surface area (Å²) in [6, 6.07) is 17.8. The predicted molar refractivity (Wildman–Crippen MR) is 120 cm³/mol. The highest BCUT2D eigenvalue weighted by molar-refractivity contribution is 7.13. The van der Waals surface area contributed by atoms with Crippen molar-refractivity contribution in [2.45, 2.75) is 0 Å². The molecule has 4 nitrogen and oxygen atoms in total. The van der Waals surface area contributed by atoms with E-state index in [1.54, 1.807) is 30.3 Å². The number of rotatable bonds is 4. The Morgan fingerprint density at radius 3 is 2.41 bits per heavy atom. The fraction of sp³-hybridized carbons (Fsp3) is 0. The van der Waals surface area contributed by atoms with Crippen LogP contribution in [0.5, 0.6) is 0 Å². The first-order valence-electron chi connectivity index (χ1n) is 8.57. The standard InChI is InChI=1S/C22H14Cl2N2O2S/c23-17-8-6-12(10-18(17)24)20-11-29-21(26-20)13-5-7-14(16(9-13)22(27)28)15-3-1-2-4-19(15)25/h1-11H,25H2,(H,27,28). The molecular formula is C22H14Cl2N2O2S. The van der Waals surface area contributed by atoms with Crippen LogP contribution in [0, 0.1) is 0 Å². The normalized spacial score (nSPS) is 10.8. The largest absolute Gasteiger partial charge is 0.478 e. The van der Waals surface area contributed by atoms with Gasteiger partial charge in [-0.05, 0) is 29.8 Å². The molecule has 0 aliphatic rings. The van der Waals surface area contributed by atoms with Gasteiger partial charge in [0.1, 0.15) is 5.01 Å². The third-order valence-corrected chi connectivity index (χ3v) is 6.10. The zero-order chi connectivity index (χ0) is 20.5. The first-order chi connectivity index (χ1) is 13.9. The maximum Gasteiger partial charge on any atom is 0.336 e. The molecule has 0 aliphatic carbocycles. The Kier molecular flexibility index (Phi) is 5.28. The first kappa shape index (κ1) is 19.5. The number of nitrogens with two attached hydrogens (primary N) is 1. The second kappa shape index (κ2) is 7.87. The van der Waals surface area contributed by atoms with Crippen molar-refractivity contribution in [2.24, 2.45) is 0 Å². The average Bonchev–Trinajstić information content (AvgIpc) is 3.20. The van der Waals surface area contributed by atoms with Crippen molar-refractivity contribution in [2.75, 3.05) is 5.73 Å². The van der Waals surface area contributed by atoms with E-state index >= 15 is 0 Å². The molecule has 29 heavy (non-hydrogen) atoms. The molecule has 144 valence electrons. The molecule has 7 heteroatoms. The van der Waals surface area contributed by atoms with Gasteiger partial charge in [-0.1, -0.05) is 59.6 Å². The number of aromatic carboxylic acids is 1. The van der Waals surface area contributed by atoms with Crippen LogP contribution in [0.1, 0.15) is 10.4 Å². The number of halogens is 2. The number of carbonyl (C=O) groups is 1. The van der Waals surface area contributed by atoms with E-state index in [1.165, 1.54) is 11.3 Å². The van der Waals surface area contributed by atoms with Gasteiger partial charge >= 0.3 is 5.97 Å². The molecular weight excluding hydrogens is 427 g/mol. The van der Waals surface area contributed by atoms with Crippen molar-refractivity contribution in [3.63, 3.8) is 0 Å². The van der Waals surface area contributed by atoms with E-state index in [0.29, 0.717) is 31.9 Å². The molecule has 0 atom stereocenters. The molecule has 1 heterocycles. The smallest absolute Gasteiger partial charge is 0.336 e. The monoisotopic (exact) mass is 440 g/mol. The number of aromatic nitrogens is 1. The molecule has 0 unspecified atom stereocenters. The number of carboxylic acid groups (broad SMARTS) is 1. The van der Waals surface area contributed by atoms with Crippen molar-refractivity contribution < 1.29 is 9.90 Å². The lowest BCUT2D eigenvalue weighted by Crippen LogP contribution is -2.01. The highest BCUT2D eigenvalue weighted by Crippen LogP contribution is 2.35. The van der Waals surface area contributed by atoms with E-state index in [4.69, 9.17) is 28.9 Å². The Bertz CT molecular complexity index is 1240. The number of hydrogen-bond acceptors (Lipinski definition) is 4. The van der Waals surface area contributed by atoms with Crippen molar-refractivity contribution in [1.82, 2.24) is 4.98 Å². The molecule has 0 aliphatic heterocycles. The van der Waals surface area contributed by atoms with Gasteiger partial charge in [-0.25, -0.2) is 9.78 Å².